The molecule has 3 nitrogen and oxygen atoms in total. The van der Waals surface area contributed by atoms with Gasteiger partial charge in [-0.05, 0) is 18.2 Å². The summed E-state index contributed by atoms with van der Waals surface area (Å²) in [5.74, 6) is 0. The van der Waals surface area contributed by atoms with Gasteiger partial charge in [-0.15, -0.1) is 0 Å². The summed E-state index contributed by atoms with van der Waals surface area (Å²) < 4.78 is 6.21. The molecule has 76 valence electrons. The maximum absolute atomic E-state index is 7.60. The van der Waals surface area contributed by atoms with Crippen LogP contribution in [0.5, 0.6) is 0 Å². The van der Waals surface area contributed by atoms with Gasteiger partial charge in [0.05, 0.1) is 5.56 Å². The second kappa shape index (κ2) is 3.75. The van der Waals surface area contributed by atoms with E-state index < -0.39 is 0 Å². The van der Waals surface area contributed by atoms with Crippen LogP contribution in [0.15, 0.2) is 33.2 Å². The third kappa shape index (κ3) is 1.93. The van der Waals surface area contributed by atoms with Crippen molar-refractivity contribution in [3.05, 3.63) is 39.9 Å². The number of nitrogens with one attached hydrogen (secondary N) is 1. The molecule has 0 radical (unpaired) electrons. The topological polar surface area (TPSA) is 63.0 Å². The molecule has 1 aromatic carbocycles. The Morgan fingerprint density at radius 1 is 1.40 bits per heavy atom. The van der Waals surface area contributed by atoms with Gasteiger partial charge in [0.15, 0.2) is 0 Å². The molecule has 0 amide bonds. The first-order chi connectivity index (χ1) is 7.08. The van der Waals surface area contributed by atoms with Gasteiger partial charge in [0, 0.05) is 9.86 Å². The minimum Gasteiger partial charge on any atom is -0.438 e. The molecular formula is C10H7BrN2OS. The number of hydrogen-bond donors (Lipinski definition) is 2. The normalized spacial score (nSPS) is 10.5. The Morgan fingerprint density at radius 3 is 2.80 bits per heavy atom. The van der Waals surface area contributed by atoms with E-state index in [-0.39, 0.29) is 10.5 Å². The van der Waals surface area contributed by atoms with E-state index in [1.165, 1.54) is 0 Å². The smallest absolute Gasteiger partial charge is 0.222 e. The lowest BCUT2D eigenvalue weighted by molar-refractivity contribution is 0.531. The van der Waals surface area contributed by atoms with Crippen molar-refractivity contribution in [3.63, 3.8) is 0 Å². The first-order valence-corrected chi connectivity index (χ1v) is 5.36. The van der Waals surface area contributed by atoms with Gasteiger partial charge in [0.2, 0.25) is 5.55 Å². The maximum Gasteiger partial charge on any atom is 0.222 e. The van der Waals surface area contributed by atoms with Gasteiger partial charge in [0.25, 0.3) is 0 Å². The van der Waals surface area contributed by atoms with E-state index in [0.717, 1.165) is 9.86 Å². The van der Waals surface area contributed by atoms with Gasteiger partial charge in [-0.2, -0.15) is 0 Å². The Labute approximate surface area is 99.5 Å². The van der Waals surface area contributed by atoms with E-state index in [1.54, 1.807) is 12.1 Å². The molecule has 2 aromatic rings. The Hall–Kier alpha value is -1.20. The van der Waals surface area contributed by atoms with Crippen LogP contribution >= 0.6 is 28.1 Å². The lowest BCUT2D eigenvalue weighted by Crippen LogP contribution is -2.19. The van der Waals surface area contributed by atoms with Gasteiger partial charge < -0.3 is 10.2 Å². The van der Waals surface area contributed by atoms with Crippen LogP contribution in [0.2, 0.25) is 0 Å². The summed E-state index contributed by atoms with van der Waals surface area (Å²) in [6, 6.07) is 7.33. The molecule has 0 bridgehead atoms. The number of halogens is 1. The molecule has 0 fully saturated rings. The zero-order chi connectivity index (χ0) is 11.0. The van der Waals surface area contributed by atoms with Crippen molar-refractivity contribution >= 4 is 44.1 Å². The van der Waals surface area contributed by atoms with Gasteiger partial charge in [-0.3, -0.25) is 5.41 Å². The fourth-order valence-electron chi connectivity index (χ4n) is 1.28. The predicted molar refractivity (Wildman–Crippen MR) is 65.7 cm³/mol. The van der Waals surface area contributed by atoms with Crippen LogP contribution in [0.4, 0.5) is 0 Å². The van der Waals surface area contributed by atoms with E-state index in [9.17, 15) is 0 Å². The Kier molecular flexibility index (Phi) is 2.58. The van der Waals surface area contributed by atoms with Crippen molar-refractivity contribution in [3.8, 4) is 0 Å². The first-order valence-electron chi connectivity index (χ1n) is 4.16. The molecule has 0 saturated carbocycles. The van der Waals surface area contributed by atoms with Gasteiger partial charge in [-0.1, -0.05) is 34.2 Å². The van der Waals surface area contributed by atoms with Crippen molar-refractivity contribution in [2.24, 2.45) is 5.73 Å². The lowest BCUT2D eigenvalue weighted by atomic mass is 10.2. The minimum absolute atomic E-state index is 0.00639. The maximum atomic E-state index is 7.60. The highest BCUT2D eigenvalue weighted by Gasteiger charge is 2.05. The summed E-state index contributed by atoms with van der Waals surface area (Å²) in [4.78, 5) is 0.175. The summed E-state index contributed by atoms with van der Waals surface area (Å²) in [6.45, 7) is 0. The predicted octanol–water partition coefficient (Wildman–Crippen LogP) is 2.31. The summed E-state index contributed by atoms with van der Waals surface area (Å²) in [6.07, 6.45) is 0. The average Bonchev–Trinajstić information content (AvgIpc) is 2.15. The van der Waals surface area contributed by atoms with E-state index >= 15 is 0 Å². The second-order valence-corrected chi connectivity index (χ2v) is 4.39. The van der Waals surface area contributed by atoms with E-state index in [1.807, 2.05) is 12.1 Å². The van der Waals surface area contributed by atoms with Crippen LogP contribution in [0.25, 0.3) is 11.0 Å². The van der Waals surface area contributed by atoms with Crippen molar-refractivity contribution in [2.75, 3.05) is 0 Å². The second-order valence-electron chi connectivity index (χ2n) is 3.04. The quantitative estimate of drug-likeness (QED) is 0.789. The number of fused-ring (bicyclic) bond motifs is 1. The molecule has 1 aromatic heterocycles. The fraction of sp³-hybridized carbons (Fsp3) is 0. The first kappa shape index (κ1) is 10.3. The third-order valence-electron chi connectivity index (χ3n) is 2.00. The molecule has 15 heavy (non-hydrogen) atoms. The summed E-state index contributed by atoms with van der Waals surface area (Å²) >= 11 is 8.16. The lowest BCUT2D eigenvalue weighted by Gasteiger charge is -2.01. The third-order valence-corrected chi connectivity index (χ3v) is 2.71. The summed E-state index contributed by atoms with van der Waals surface area (Å²) in [5.41, 5.74) is 6.56. The molecule has 5 heteroatoms. The molecule has 0 unspecified atom stereocenters. The number of hydrogen-bond acceptors (Lipinski definition) is 3. The zero-order valence-corrected chi connectivity index (χ0v) is 9.98. The zero-order valence-electron chi connectivity index (χ0n) is 7.58. The molecule has 1 heterocycles. The van der Waals surface area contributed by atoms with E-state index in [4.69, 9.17) is 27.8 Å². The highest BCUT2D eigenvalue weighted by Crippen LogP contribution is 2.18. The van der Waals surface area contributed by atoms with Gasteiger partial charge >= 0.3 is 0 Å². The van der Waals surface area contributed by atoms with Crippen molar-refractivity contribution in [1.82, 2.24) is 0 Å². The number of nitrogens with two attached hydrogens (primary N) is 1. The van der Waals surface area contributed by atoms with Gasteiger partial charge in [0.1, 0.15) is 10.6 Å². The highest BCUT2D eigenvalue weighted by atomic mass is 79.9. The van der Waals surface area contributed by atoms with Crippen LogP contribution in [-0.4, -0.2) is 4.99 Å². The largest absolute Gasteiger partial charge is 0.438 e. The standard InChI is InChI=1S/C10H7BrN2OS/c11-6-2-1-5-3-7(10(13)15)9(12)14-8(5)4-6/h1-4,12H,(H2,13,15). The Morgan fingerprint density at radius 2 is 2.13 bits per heavy atom. The molecular weight excluding hydrogens is 276 g/mol. The van der Waals surface area contributed by atoms with E-state index in [0.29, 0.717) is 11.1 Å². The van der Waals surface area contributed by atoms with Crippen LogP contribution < -0.4 is 11.3 Å². The van der Waals surface area contributed by atoms with Crippen molar-refractivity contribution < 1.29 is 4.42 Å². The van der Waals surface area contributed by atoms with Gasteiger partial charge in [-0.25, -0.2) is 0 Å². The number of benzene rings is 1. The Bertz CT molecular complexity index is 606. The number of thiocarbonyl (C=S) groups is 1. The SMILES string of the molecule is N=c1oc2cc(Br)ccc2cc1C(N)=S. The molecule has 0 aliphatic heterocycles. The van der Waals surface area contributed by atoms with Crippen molar-refractivity contribution in [2.45, 2.75) is 0 Å². The molecule has 2 rings (SSSR count). The molecule has 0 spiro atoms. The Balaban J connectivity index is 2.82. The minimum atomic E-state index is -0.00639. The highest BCUT2D eigenvalue weighted by molar-refractivity contribution is 9.10. The molecule has 0 aliphatic carbocycles. The van der Waals surface area contributed by atoms with Crippen LogP contribution in [0, 0.1) is 5.41 Å². The molecule has 0 atom stereocenters. The monoisotopic (exact) mass is 282 g/mol. The van der Waals surface area contributed by atoms with Crippen LogP contribution in [-0.2, 0) is 0 Å². The average molecular weight is 283 g/mol. The number of rotatable bonds is 1. The molecule has 0 saturated heterocycles. The summed E-state index contributed by atoms with van der Waals surface area (Å²) in [7, 11) is 0. The molecule has 3 N–H and O–H groups in total. The van der Waals surface area contributed by atoms with E-state index in [2.05, 4.69) is 15.9 Å². The fourth-order valence-corrected chi connectivity index (χ4v) is 1.78. The van der Waals surface area contributed by atoms with Crippen LogP contribution in [0.3, 0.4) is 0 Å². The van der Waals surface area contributed by atoms with Crippen LogP contribution in [0.1, 0.15) is 5.56 Å². The summed E-state index contributed by atoms with van der Waals surface area (Å²) in [5, 5.41) is 8.48. The van der Waals surface area contributed by atoms with Crippen molar-refractivity contribution in [1.29, 1.82) is 5.41 Å². The molecule has 0 aliphatic rings.